The molecule has 0 saturated carbocycles. The summed E-state index contributed by atoms with van der Waals surface area (Å²) in [6, 6.07) is 9.41. The highest BCUT2D eigenvalue weighted by molar-refractivity contribution is 5.33. The van der Waals surface area contributed by atoms with Crippen molar-refractivity contribution in [2.75, 3.05) is 26.3 Å². The van der Waals surface area contributed by atoms with Gasteiger partial charge in [0, 0.05) is 25.2 Å². The van der Waals surface area contributed by atoms with Gasteiger partial charge in [-0.15, -0.1) is 0 Å². The van der Waals surface area contributed by atoms with Crippen LogP contribution in [0.2, 0.25) is 0 Å². The van der Waals surface area contributed by atoms with E-state index < -0.39 is 0 Å². The van der Waals surface area contributed by atoms with Crippen LogP contribution in [0, 0.1) is 0 Å². The second-order valence-electron chi connectivity index (χ2n) is 5.05. The van der Waals surface area contributed by atoms with Gasteiger partial charge in [0.15, 0.2) is 0 Å². The van der Waals surface area contributed by atoms with Crippen LogP contribution in [0.5, 0.6) is 0 Å². The fourth-order valence-corrected chi connectivity index (χ4v) is 3.06. The minimum Gasteiger partial charge on any atom is -0.379 e. The summed E-state index contributed by atoms with van der Waals surface area (Å²) in [6.07, 6.45) is 2.22. The quantitative estimate of drug-likeness (QED) is 0.794. The van der Waals surface area contributed by atoms with E-state index in [9.17, 15) is 0 Å². The Labute approximate surface area is 103 Å². The summed E-state index contributed by atoms with van der Waals surface area (Å²) in [6.45, 7) is 3.85. The maximum absolute atomic E-state index is 6.29. The molecule has 0 amide bonds. The number of morpholine rings is 1. The molecule has 1 aromatic rings. The van der Waals surface area contributed by atoms with Crippen LogP contribution < -0.4 is 5.73 Å². The van der Waals surface area contributed by atoms with Gasteiger partial charge in [0.1, 0.15) is 0 Å². The minimum atomic E-state index is 0.202. The third kappa shape index (κ3) is 2.23. The maximum atomic E-state index is 6.29. The van der Waals surface area contributed by atoms with Gasteiger partial charge in [-0.3, -0.25) is 4.90 Å². The highest BCUT2D eigenvalue weighted by Gasteiger charge is 2.29. The van der Waals surface area contributed by atoms with Crippen LogP contribution >= 0.6 is 0 Å². The smallest absolute Gasteiger partial charge is 0.0594 e. The van der Waals surface area contributed by atoms with Crippen molar-refractivity contribution < 1.29 is 4.74 Å². The summed E-state index contributed by atoms with van der Waals surface area (Å²) >= 11 is 0. The van der Waals surface area contributed by atoms with Crippen molar-refractivity contribution in [2.45, 2.75) is 24.9 Å². The Morgan fingerprint density at radius 2 is 1.94 bits per heavy atom. The Kier molecular flexibility index (Phi) is 3.14. The molecule has 0 spiro atoms. The molecule has 2 N–H and O–H groups in total. The van der Waals surface area contributed by atoms with Gasteiger partial charge in [0.2, 0.25) is 0 Å². The van der Waals surface area contributed by atoms with Crippen LogP contribution in [0.25, 0.3) is 0 Å². The normalized spacial score (nSPS) is 29.9. The van der Waals surface area contributed by atoms with Crippen LogP contribution in [-0.4, -0.2) is 37.2 Å². The summed E-state index contributed by atoms with van der Waals surface area (Å²) < 4.78 is 5.41. The molecule has 2 aliphatic rings. The molecule has 3 nitrogen and oxygen atoms in total. The minimum absolute atomic E-state index is 0.202. The van der Waals surface area contributed by atoms with Crippen LogP contribution in [0.3, 0.4) is 0 Å². The standard InChI is InChI=1S/C14H20N2O/c15-14-10-12(16-5-7-17-8-6-16)9-11-3-1-2-4-13(11)14/h1-4,12,14H,5-10,15H2. The third-order valence-electron chi connectivity index (χ3n) is 4.00. The predicted octanol–water partition coefficient (Wildman–Crippen LogP) is 1.33. The first-order chi connectivity index (χ1) is 8.34. The second-order valence-corrected chi connectivity index (χ2v) is 5.05. The van der Waals surface area contributed by atoms with Gasteiger partial charge in [0.05, 0.1) is 13.2 Å². The van der Waals surface area contributed by atoms with Crippen LogP contribution in [-0.2, 0) is 11.2 Å². The lowest BCUT2D eigenvalue weighted by Gasteiger charge is -2.39. The monoisotopic (exact) mass is 232 g/mol. The van der Waals surface area contributed by atoms with E-state index in [1.807, 2.05) is 0 Å². The Balaban J connectivity index is 1.78. The molecule has 3 heteroatoms. The molecule has 0 radical (unpaired) electrons. The zero-order chi connectivity index (χ0) is 11.7. The van der Waals surface area contributed by atoms with E-state index in [0.717, 1.165) is 39.1 Å². The lowest BCUT2D eigenvalue weighted by molar-refractivity contribution is 0.0119. The third-order valence-corrected chi connectivity index (χ3v) is 4.00. The number of benzene rings is 1. The molecule has 1 aliphatic heterocycles. The van der Waals surface area contributed by atoms with E-state index in [2.05, 4.69) is 29.2 Å². The van der Waals surface area contributed by atoms with Gasteiger partial charge < -0.3 is 10.5 Å². The van der Waals surface area contributed by atoms with Crippen molar-refractivity contribution in [3.63, 3.8) is 0 Å². The predicted molar refractivity (Wildman–Crippen MR) is 67.9 cm³/mol. The van der Waals surface area contributed by atoms with Gasteiger partial charge in [-0.2, -0.15) is 0 Å². The van der Waals surface area contributed by atoms with Crippen molar-refractivity contribution in [2.24, 2.45) is 5.73 Å². The van der Waals surface area contributed by atoms with Gasteiger partial charge in [-0.1, -0.05) is 24.3 Å². The van der Waals surface area contributed by atoms with Gasteiger partial charge in [-0.05, 0) is 24.0 Å². The van der Waals surface area contributed by atoms with Crippen molar-refractivity contribution in [3.8, 4) is 0 Å². The number of hydrogen-bond donors (Lipinski definition) is 1. The molecule has 1 heterocycles. The summed E-state index contributed by atoms with van der Waals surface area (Å²) in [5.41, 5.74) is 9.06. The number of ether oxygens (including phenoxy) is 1. The zero-order valence-corrected chi connectivity index (χ0v) is 10.1. The van der Waals surface area contributed by atoms with Crippen molar-refractivity contribution >= 4 is 0 Å². The highest BCUT2D eigenvalue weighted by Crippen LogP contribution is 2.30. The van der Waals surface area contributed by atoms with Crippen molar-refractivity contribution in [1.29, 1.82) is 0 Å². The molecule has 17 heavy (non-hydrogen) atoms. The lowest BCUT2D eigenvalue weighted by atomic mass is 9.84. The summed E-state index contributed by atoms with van der Waals surface area (Å²) in [4.78, 5) is 2.54. The average molecular weight is 232 g/mol. The van der Waals surface area contributed by atoms with E-state index in [-0.39, 0.29) is 6.04 Å². The van der Waals surface area contributed by atoms with Gasteiger partial charge >= 0.3 is 0 Å². The van der Waals surface area contributed by atoms with E-state index in [4.69, 9.17) is 10.5 Å². The first-order valence-corrected chi connectivity index (χ1v) is 6.50. The molecular formula is C14H20N2O. The second kappa shape index (κ2) is 4.77. The summed E-state index contributed by atoms with van der Waals surface area (Å²) in [5.74, 6) is 0. The van der Waals surface area contributed by atoms with E-state index in [1.54, 1.807) is 0 Å². The van der Waals surface area contributed by atoms with Crippen LogP contribution in [0.4, 0.5) is 0 Å². The fourth-order valence-electron chi connectivity index (χ4n) is 3.06. The lowest BCUT2D eigenvalue weighted by Crippen LogP contribution is -2.47. The van der Waals surface area contributed by atoms with E-state index in [0.29, 0.717) is 6.04 Å². The average Bonchev–Trinajstić information content (AvgIpc) is 2.40. The Bertz CT molecular complexity index is 388. The molecular weight excluding hydrogens is 212 g/mol. The summed E-state index contributed by atoms with van der Waals surface area (Å²) in [5, 5.41) is 0. The Hall–Kier alpha value is -0.900. The first kappa shape index (κ1) is 11.2. The van der Waals surface area contributed by atoms with Gasteiger partial charge in [0.25, 0.3) is 0 Å². The molecule has 0 aromatic heterocycles. The molecule has 2 atom stereocenters. The molecule has 1 fully saturated rings. The highest BCUT2D eigenvalue weighted by atomic mass is 16.5. The molecule has 1 saturated heterocycles. The van der Waals surface area contributed by atoms with Crippen molar-refractivity contribution in [1.82, 2.24) is 4.90 Å². The molecule has 92 valence electrons. The number of rotatable bonds is 1. The SMILES string of the molecule is NC1CC(N2CCOCC2)Cc2ccccc21. The first-order valence-electron chi connectivity index (χ1n) is 6.50. The largest absolute Gasteiger partial charge is 0.379 e. The fraction of sp³-hybridized carbons (Fsp3) is 0.571. The molecule has 0 bridgehead atoms. The van der Waals surface area contributed by atoms with Crippen LogP contribution in [0.1, 0.15) is 23.6 Å². The maximum Gasteiger partial charge on any atom is 0.0594 e. The molecule has 1 aromatic carbocycles. The van der Waals surface area contributed by atoms with E-state index in [1.165, 1.54) is 11.1 Å². The van der Waals surface area contributed by atoms with Crippen LogP contribution in [0.15, 0.2) is 24.3 Å². The van der Waals surface area contributed by atoms with Gasteiger partial charge in [-0.25, -0.2) is 0 Å². The summed E-state index contributed by atoms with van der Waals surface area (Å²) in [7, 11) is 0. The number of hydrogen-bond acceptors (Lipinski definition) is 3. The number of nitrogens with two attached hydrogens (primary N) is 1. The Morgan fingerprint density at radius 1 is 1.18 bits per heavy atom. The number of fused-ring (bicyclic) bond motifs is 1. The molecule has 3 rings (SSSR count). The van der Waals surface area contributed by atoms with Crippen molar-refractivity contribution in [3.05, 3.63) is 35.4 Å². The number of nitrogens with zero attached hydrogens (tertiary/aromatic N) is 1. The topological polar surface area (TPSA) is 38.5 Å². The Morgan fingerprint density at radius 3 is 2.76 bits per heavy atom. The van der Waals surface area contributed by atoms with E-state index >= 15 is 0 Å². The molecule has 1 aliphatic carbocycles. The zero-order valence-electron chi connectivity index (χ0n) is 10.1. The molecule has 2 unspecified atom stereocenters.